The van der Waals surface area contributed by atoms with Gasteiger partial charge in [-0.15, -0.1) is 0 Å². The van der Waals surface area contributed by atoms with Gasteiger partial charge in [0.25, 0.3) is 11.8 Å². The van der Waals surface area contributed by atoms with Crippen molar-refractivity contribution in [1.29, 1.82) is 0 Å². The number of hydrogen-bond acceptors (Lipinski definition) is 3. The highest BCUT2D eigenvalue weighted by Gasteiger charge is 2.21. The van der Waals surface area contributed by atoms with E-state index in [0.717, 1.165) is 38.6 Å². The summed E-state index contributed by atoms with van der Waals surface area (Å²) in [5.74, 6) is -0.330. The van der Waals surface area contributed by atoms with E-state index in [0.29, 0.717) is 13.0 Å². The Bertz CT molecular complexity index is 347. The summed E-state index contributed by atoms with van der Waals surface area (Å²) in [6.07, 6.45) is 7.66. The van der Waals surface area contributed by atoms with Crippen LogP contribution in [0.4, 0.5) is 0 Å². The molecule has 0 aliphatic carbocycles. The molecule has 0 unspecified atom stereocenters. The van der Waals surface area contributed by atoms with Gasteiger partial charge in [-0.25, -0.2) is 0 Å². The maximum atomic E-state index is 11.3. The molecule has 0 radical (unpaired) electrons. The van der Waals surface area contributed by atoms with Crippen molar-refractivity contribution in [2.45, 2.75) is 59.3 Å². The second kappa shape index (κ2) is 12.1. The van der Waals surface area contributed by atoms with Crippen molar-refractivity contribution in [3.63, 3.8) is 0 Å². The molecule has 0 aromatic carbocycles. The Hall–Kier alpha value is -1.65. The minimum Gasteiger partial charge on any atom is -0.356 e. The molecule has 0 spiro atoms. The summed E-state index contributed by atoms with van der Waals surface area (Å²) in [4.78, 5) is 35.1. The van der Waals surface area contributed by atoms with Gasteiger partial charge < -0.3 is 5.32 Å². The van der Waals surface area contributed by atoms with E-state index in [2.05, 4.69) is 5.32 Å². The molecule has 1 heterocycles. The lowest BCUT2D eigenvalue weighted by Crippen LogP contribution is -2.30. The highest BCUT2D eigenvalue weighted by atomic mass is 16.2. The van der Waals surface area contributed by atoms with E-state index in [1.54, 1.807) is 0 Å². The van der Waals surface area contributed by atoms with Crippen LogP contribution in [-0.4, -0.2) is 35.7 Å². The first-order valence-electron chi connectivity index (χ1n) is 7.95. The maximum absolute atomic E-state index is 11.3. The molecule has 1 aliphatic rings. The van der Waals surface area contributed by atoms with E-state index >= 15 is 0 Å². The van der Waals surface area contributed by atoms with Gasteiger partial charge >= 0.3 is 0 Å². The molecule has 1 N–H and O–H groups in total. The Morgan fingerprint density at radius 3 is 2.19 bits per heavy atom. The van der Waals surface area contributed by atoms with Crippen LogP contribution in [0.3, 0.4) is 0 Å². The van der Waals surface area contributed by atoms with Gasteiger partial charge in [-0.3, -0.25) is 19.3 Å². The summed E-state index contributed by atoms with van der Waals surface area (Å²) >= 11 is 0. The summed E-state index contributed by atoms with van der Waals surface area (Å²) in [5, 5.41) is 2.83. The highest BCUT2D eigenvalue weighted by molar-refractivity contribution is 6.12. The van der Waals surface area contributed by atoms with Gasteiger partial charge in [0.15, 0.2) is 0 Å². The van der Waals surface area contributed by atoms with Crippen LogP contribution in [0.25, 0.3) is 0 Å². The van der Waals surface area contributed by atoms with E-state index in [-0.39, 0.29) is 17.7 Å². The Balaban J connectivity index is 0.00000191. The third kappa shape index (κ3) is 8.27. The van der Waals surface area contributed by atoms with Crippen molar-refractivity contribution in [3.8, 4) is 0 Å². The predicted molar refractivity (Wildman–Crippen MR) is 83.6 cm³/mol. The largest absolute Gasteiger partial charge is 0.356 e. The number of nitrogens with zero attached hydrogens (tertiary/aromatic N) is 1. The SMILES string of the molecule is CC.CCCNC(=O)CCCCCCN1C(=O)C=CC1=O. The number of unbranched alkanes of at least 4 members (excludes halogenated alkanes) is 3. The first-order chi connectivity index (χ1) is 10.1. The van der Waals surface area contributed by atoms with Gasteiger partial charge in [0.2, 0.25) is 5.91 Å². The smallest absolute Gasteiger partial charge is 0.253 e. The zero-order valence-corrected chi connectivity index (χ0v) is 13.5. The molecule has 0 saturated carbocycles. The molecule has 120 valence electrons. The molecule has 0 bridgehead atoms. The van der Waals surface area contributed by atoms with Crippen LogP contribution in [0, 0.1) is 0 Å². The van der Waals surface area contributed by atoms with E-state index in [4.69, 9.17) is 0 Å². The van der Waals surface area contributed by atoms with Crippen LogP contribution in [0.2, 0.25) is 0 Å². The number of amides is 3. The average molecular weight is 296 g/mol. The second-order valence-electron chi connectivity index (χ2n) is 4.68. The van der Waals surface area contributed by atoms with Gasteiger partial charge in [0.05, 0.1) is 0 Å². The van der Waals surface area contributed by atoms with Gasteiger partial charge in [-0.2, -0.15) is 0 Å². The Kier molecular flexibility index (Phi) is 11.2. The van der Waals surface area contributed by atoms with E-state index in [1.807, 2.05) is 20.8 Å². The number of rotatable bonds is 9. The number of carbonyl (C=O) groups is 3. The summed E-state index contributed by atoms with van der Waals surface area (Å²) < 4.78 is 0. The third-order valence-electron chi connectivity index (χ3n) is 3.01. The van der Waals surface area contributed by atoms with Gasteiger partial charge in [0, 0.05) is 31.7 Å². The summed E-state index contributed by atoms with van der Waals surface area (Å²) in [7, 11) is 0. The van der Waals surface area contributed by atoms with E-state index < -0.39 is 0 Å². The molecular weight excluding hydrogens is 268 g/mol. The topological polar surface area (TPSA) is 66.5 Å². The van der Waals surface area contributed by atoms with Gasteiger partial charge in [0.1, 0.15) is 0 Å². The van der Waals surface area contributed by atoms with Gasteiger partial charge in [-0.05, 0) is 19.3 Å². The van der Waals surface area contributed by atoms with Gasteiger partial charge in [-0.1, -0.05) is 33.6 Å². The molecule has 21 heavy (non-hydrogen) atoms. The molecule has 3 amide bonds. The zero-order valence-electron chi connectivity index (χ0n) is 13.5. The second-order valence-corrected chi connectivity index (χ2v) is 4.68. The molecule has 5 nitrogen and oxygen atoms in total. The lowest BCUT2D eigenvalue weighted by molar-refractivity contribution is -0.136. The lowest BCUT2D eigenvalue weighted by atomic mass is 10.1. The number of imide groups is 1. The molecule has 5 heteroatoms. The minimum absolute atomic E-state index is 0.107. The predicted octanol–water partition coefficient (Wildman–Crippen LogP) is 2.41. The Morgan fingerprint density at radius 1 is 1.05 bits per heavy atom. The van der Waals surface area contributed by atoms with Crippen LogP contribution in [-0.2, 0) is 14.4 Å². The molecule has 0 saturated heterocycles. The first-order valence-corrected chi connectivity index (χ1v) is 7.95. The first kappa shape index (κ1) is 19.4. The molecule has 0 atom stereocenters. The standard InChI is InChI=1S/C14H22N2O3.C2H6/c1-2-10-15-12(17)7-5-3-4-6-11-16-13(18)8-9-14(16)19;1-2/h8-9H,2-7,10-11H2,1H3,(H,15,17);1-2H3. The Morgan fingerprint density at radius 2 is 1.62 bits per heavy atom. The lowest BCUT2D eigenvalue weighted by Gasteiger charge is -2.12. The third-order valence-corrected chi connectivity index (χ3v) is 3.01. The van der Waals surface area contributed by atoms with Crippen molar-refractivity contribution in [2.24, 2.45) is 0 Å². The van der Waals surface area contributed by atoms with Crippen LogP contribution < -0.4 is 5.32 Å². The molecule has 0 aromatic heterocycles. The highest BCUT2D eigenvalue weighted by Crippen LogP contribution is 2.08. The van der Waals surface area contributed by atoms with Crippen LogP contribution in [0.1, 0.15) is 59.3 Å². The van der Waals surface area contributed by atoms with Crippen molar-refractivity contribution >= 4 is 17.7 Å². The summed E-state index contributed by atoms with van der Waals surface area (Å²) in [5.41, 5.74) is 0. The molecule has 0 fully saturated rings. The van der Waals surface area contributed by atoms with Crippen molar-refractivity contribution in [3.05, 3.63) is 12.2 Å². The molecule has 0 aromatic rings. The monoisotopic (exact) mass is 296 g/mol. The van der Waals surface area contributed by atoms with Crippen LogP contribution in [0.5, 0.6) is 0 Å². The fourth-order valence-corrected chi connectivity index (χ4v) is 1.91. The maximum Gasteiger partial charge on any atom is 0.253 e. The molecule has 1 aliphatic heterocycles. The average Bonchev–Trinajstić information content (AvgIpc) is 2.82. The minimum atomic E-state index is -0.219. The van der Waals surface area contributed by atoms with Crippen molar-refractivity contribution in [1.82, 2.24) is 10.2 Å². The van der Waals surface area contributed by atoms with E-state index in [1.165, 1.54) is 17.1 Å². The fraction of sp³-hybridized carbons (Fsp3) is 0.688. The number of carbonyl (C=O) groups excluding carboxylic acids is 3. The number of hydrogen-bond donors (Lipinski definition) is 1. The Labute approximate surface area is 127 Å². The summed E-state index contributed by atoms with van der Waals surface area (Å²) in [6.45, 7) is 7.24. The quantitative estimate of drug-likeness (QED) is 0.525. The number of nitrogens with one attached hydrogen (secondary N) is 1. The van der Waals surface area contributed by atoms with Crippen molar-refractivity contribution < 1.29 is 14.4 Å². The van der Waals surface area contributed by atoms with Crippen LogP contribution >= 0.6 is 0 Å². The zero-order chi connectivity index (χ0) is 16.1. The fourth-order valence-electron chi connectivity index (χ4n) is 1.91. The molecule has 1 rings (SSSR count). The normalized spacial score (nSPS) is 13.2. The molecular formula is C16H28N2O3. The van der Waals surface area contributed by atoms with E-state index in [9.17, 15) is 14.4 Å². The van der Waals surface area contributed by atoms with Crippen LogP contribution in [0.15, 0.2) is 12.2 Å². The van der Waals surface area contributed by atoms with Crippen molar-refractivity contribution in [2.75, 3.05) is 13.1 Å². The summed E-state index contributed by atoms with van der Waals surface area (Å²) in [6, 6.07) is 0.